The Balaban J connectivity index is 2.88. The van der Waals surface area contributed by atoms with Crippen LogP contribution < -0.4 is 0 Å². The van der Waals surface area contributed by atoms with Gasteiger partial charge in [-0.1, -0.05) is 0 Å². The van der Waals surface area contributed by atoms with E-state index in [2.05, 4.69) is 0 Å². The van der Waals surface area contributed by atoms with E-state index in [-0.39, 0.29) is 10.6 Å². The van der Waals surface area contributed by atoms with Crippen LogP contribution in [0.4, 0.5) is 5.69 Å². The van der Waals surface area contributed by atoms with Crippen LogP contribution in [0.1, 0.15) is 0 Å². The summed E-state index contributed by atoms with van der Waals surface area (Å²) >= 11 is 2.92. The molecule has 10 heavy (non-hydrogen) atoms. The van der Waals surface area contributed by atoms with Crippen LogP contribution in [0.25, 0.3) is 0 Å². The van der Waals surface area contributed by atoms with Crippen LogP contribution in [-0.4, -0.2) is 11.2 Å². The molecular weight excluding hydrogens is 170 g/mol. The Morgan fingerprint density at radius 2 is 2.50 bits per heavy atom. The number of nitro groups is 1. The average molecular weight is 175 g/mol. The molecule has 0 aromatic carbocycles. The quantitative estimate of drug-likeness (QED) is 0.393. The molecule has 5 heteroatoms. The Kier molecular flexibility index (Phi) is 2.29. The molecule has 0 fully saturated rings. The van der Waals surface area contributed by atoms with Gasteiger partial charge >= 0.3 is 0 Å². The van der Waals surface area contributed by atoms with Crippen molar-refractivity contribution in [3.63, 3.8) is 0 Å². The van der Waals surface area contributed by atoms with Gasteiger partial charge in [0.1, 0.15) is 0 Å². The fraction of sp³-hybridized carbons (Fsp3) is 0.200. The number of nitrogens with zero attached hydrogens (tertiary/aromatic N) is 1. The number of hydrogen-bond donors (Lipinski definition) is 0. The third kappa shape index (κ3) is 1.48. The molecule has 1 aromatic heterocycles. The summed E-state index contributed by atoms with van der Waals surface area (Å²) in [6, 6.07) is 1.58. The first-order valence-electron chi connectivity index (χ1n) is 2.51. The van der Waals surface area contributed by atoms with Crippen molar-refractivity contribution in [2.45, 2.75) is 4.21 Å². The lowest BCUT2D eigenvalue weighted by molar-refractivity contribution is -0.384. The average Bonchev–Trinajstić information content (AvgIpc) is 2.34. The minimum absolute atomic E-state index is 0.189. The first kappa shape index (κ1) is 7.56. The Morgan fingerprint density at radius 1 is 1.80 bits per heavy atom. The first-order valence-corrected chi connectivity index (χ1v) is 4.61. The molecule has 0 radical (unpaired) electrons. The summed E-state index contributed by atoms with van der Waals surface area (Å²) < 4.78 is 0.978. The molecule has 3 nitrogen and oxygen atoms in total. The number of rotatable bonds is 2. The van der Waals surface area contributed by atoms with Gasteiger partial charge < -0.3 is 0 Å². The lowest BCUT2D eigenvalue weighted by Crippen LogP contribution is -1.82. The van der Waals surface area contributed by atoms with Gasteiger partial charge in [0.2, 0.25) is 0 Å². The molecule has 54 valence electrons. The van der Waals surface area contributed by atoms with Crippen molar-refractivity contribution in [1.29, 1.82) is 0 Å². The topological polar surface area (TPSA) is 43.1 Å². The fourth-order valence-corrected chi connectivity index (χ4v) is 1.86. The van der Waals surface area contributed by atoms with Gasteiger partial charge in [-0.15, -0.1) is 23.1 Å². The molecule has 0 N–H and O–H groups in total. The van der Waals surface area contributed by atoms with Crippen molar-refractivity contribution in [3.05, 3.63) is 21.6 Å². The van der Waals surface area contributed by atoms with Gasteiger partial charge in [-0.3, -0.25) is 10.1 Å². The molecule has 0 saturated carbocycles. The van der Waals surface area contributed by atoms with Crippen LogP contribution in [-0.2, 0) is 0 Å². The molecule has 1 rings (SSSR count). The molecule has 0 unspecified atom stereocenters. The van der Waals surface area contributed by atoms with E-state index in [0.717, 1.165) is 4.21 Å². The van der Waals surface area contributed by atoms with Gasteiger partial charge in [0.15, 0.2) is 0 Å². The molecule has 1 aromatic rings. The highest BCUT2D eigenvalue weighted by Gasteiger charge is 2.07. The van der Waals surface area contributed by atoms with Crippen LogP contribution >= 0.6 is 23.1 Å². The summed E-state index contributed by atoms with van der Waals surface area (Å²) in [5.74, 6) is 0. The second-order valence-electron chi connectivity index (χ2n) is 1.59. The normalized spacial score (nSPS) is 9.70. The van der Waals surface area contributed by atoms with E-state index >= 15 is 0 Å². The molecule has 1 heterocycles. The Morgan fingerprint density at radius 3 is 2.80 bits per heavy atom. The SMILES string of the molecule is CSc1cc([N+](=O)[O-])cs1. The minimum atomic E-state index is -0.379. The van der Waals surface area contributed by atoms with Gasteiger partial charge in [0.25, 0.3) is 5.69 Å². The maximum absolute atomic E-state index is 10.1. The molecular formula is C5H5NO2S2. The summed E-state index contributed by atoms with van der Waals surface area (Å²) in [6.45, 7) is 0. The zero-order valence-corrected chi connectivity index (χ0v) is 6.87. The molecule has 0 aliphatic heterocycles. The Labute approximate surface area is 66.2 Å². The van der Waals surface area contributed by atoms with Crippen molar-refractivity contribution in [2.24, 2.45) is 0 Å². The summed E-state index contributed by atoms with van der Waals surface area (Å²) in [7, 11) is 0. The Bertz CT molecular complexity index is 246. The monoisotopic (exact) mass is 175 g/mol. The van der Waals surface area contributed by atoms with Crippen LogP contribution in [0.5, 0.6) is 0 Å². The van der Waals surface area contributed by atoms with Crippen molar-refractivity contribution < 1.29 is 4.92 Å². The van der Waals surface area contributed by atoms with Gasteiger partial charge in [-0.05, 0) is 6.26 Å². The van der Waals surface area contributed by atoms with Crippen LogP contribution in [0.2, 0.25) is 0 Å². The van der Waals surface area contributed by atoms with Crippen molar-refractivity contribution >= 4 is 28.8 Å². The van der Waals surface area contributed by atoms with Crippen molar-refractivity contribution in [2.75, 3.05) is 6.26 Å². The highest BCUT2D eigenvalue weighted by Crippen LogP contribution is 2.27. The summed E-state index contributed by atoms with van der Waals surface area (Å²) in [5, 5.41) is 11.7. The minimum Gasteiger partial charge on any atom is -0.258 e. The van der Waals surface area contributed by atoms with E-state index < -0.39 is 0 Å². The highest BCUT2D eigenvalue weighted by atomic mass is 32.2. The van der Waals surface area contributed by atoms with Gasteiger partial charge in [-0.2, -0.15) is 0 Å². The molecule has 0 atom stereocenters. The largest absolute Gasteiger partial charge is 0.281 e. The predicted molar refractivity (Wildman–Crippen MR) is 42.8 cm³/mol. The van der Waals surface area contributed by atoms with E-state index in [9.17, 15) is 10.1 Å². The van der Waals surface area contributed by atoms with E-state index in [0.29, 0.717) is 0 Å². The van der Waals surface area contributed by atoms with Crippen LogP contribution in [0, 0.1) is 10.1 Å². The van der Waals surface area contributed by atoms with E-state index in [1.165, 1.54) is 23.1 Å². The lowest BCUT2D eigenvalue weighted by Gasteiger charge is -1.81. The van der Waals surface area contributed by atoms with Gasteiger partial charge in [0, 0.05) is 6.07 Å². The molecule has 0 amide bonds. The molecule has 0 spiro atoms. The summed E-state index contributed by atoms with van der Waals surface area (Å²) in [6.07, 6.45) is 1.90. The number of thiophene rings is 1. The summed E-state index contributed by atoms with van der Waals surface area (Å²) in [4.78, 5) is 9.75. The maximum atomic E-state index is 10.1. The number of hydrogen-bond acceptors (Lipinski definition) is 4. The molecule has 0 bridgehead atoms. The van der Waals surface area contributed by atoms with Crippen molar-refractivity contribution in [3.8, 4) is 0 Å². The highest BCUT2D eigenvalue weighted by molar-refractivity contribution is 8.00. The first-order chi connectivity index (χ1) is 4.74. The van der Waals surface area contributed by atoms with E-state index in [4.69, 9.17) is 0 Å². The molecule has 0 saturated heterocycles. The van der Waals surface area contributed by atoms with Crippen LogP contribution in [0.15, 0.2) is 15.7 Å². The molecule has 0 aliphatic rings. The standard InChI is InChI=1S/C5H5NO2S2/c1-9-5-2-4(3-10-5)6(7)8/h2-3H,1H3. The Hall–Kier alpha value is -0.550. The lowest BCUT2D eigenvalue weighted by atomic mass is 10.6. The smallest absolute Gasteiger partial charge is 0.258 e. The fourth-order valence-electron chi connectivity index (χ4n) is 0.510. The second kappa shape index (κ2) is 3.03. The maximum Gasteiger partial charge on any atom is 0.281 e. The van der Waals surface area contributed by atoms with Crippen molar-refractivity contribution in [1.82, 2.24) is 0 Å². The molecule has 0 aliphatic carbocycles. The zero-order valence-electron chi connectivity index (χ0n) is 5.23. The van der Waals surface area contributed by atoms with Gasteiger partial charge in [-0.25, -0.2) is 0 Å². The second-order valence-corrected chi connectivity index (χ2v) is 3.60. The van der Waals surface area contributed by atoms with Crippen LogP contribution in [0.3, 0.4) is 0 Å². The summed E-state index contributed by atoms with van der Waals surface area (Å²) in [5.41, 5.74) is 0.189. The zero-order chi connectivity index (χ0) is 7.56. The van der Waals surface area contributed by atoms with E-state index in [1.54, 1.807) is 11.4 Å². The number of thioether (sulfide) groups is 1. The third-order valence-corrected chi connectivity index (χ3v) is 2.99. The van der Waals surface area contributed by atoms with E-state index in [1.807, 2.05) is 6.26 Å². The third-order valence-electron chi connectivity index (χ3n) is 0.974. The van der Waals surface area contributed by atoms with Gasteiger partial charge in [0.05, 0.1) is 14.5 Å². The predicted octanol–water partition coefficient (Wildman–Crippen LogP) is 2.38.